The first-order chi connectivity index (χ1) is 30.5. The Morgan fingerprint density at radius 1 is 0.258 bits per heavy atom. The minimum Gasteiger partial charge on any atom is -0.462 e. The van der Waals surface area contributed by atoms with E-state index in [9.17, 15) is 14.4 Å². The number of rotatable bonds is 52. The number of carbonyl (C=O) groups is 3. The summed E-state index contributed by atoms with van der Waals surface area (Å²) in [5.74, 6) is -0.835. The van der Waals surface area contributed by atoms with Crippen molar-refractivity contribution in [2.45, 2.75) is 329 Å². The van der Waals surface area contributed by atoms with Crippen molar-refractivity contribution in [3.05, 3.63) is 0 Å². The molecule has 6 heteroatoms. The molecule has 0 aliphatic rings. The SMILES string of the molecule is CCCCCCCCCCCCCCCCCCC(=O)OC[C@@H](COC(=O)CCCCCCCCCCCCCC)OC(=O)CCCCCCCCCCCCCCCCCC. The number of esters is 3. The molecule has 0 aliphatic heterocycles. The van der Waals surface area contributed by atoms with Crippen LogP contribution in [0.2, 0.25) is 0 Å². The number of unbranched alkanes of at least 4 members (excludes halogenated alkanes) is 41. The van der Waals surface area contributed by atoms with Crippen LogP contribution in [0, 0.1) is 0 Å². The Hall–Kier alpha value is -1.59. The van der Waals surface area contributed by atoms with Gasteiger partial charge in [0.05, 0.1) is 0 Å². The van der Waals surface area contributed by atoms with Crippen LogP contribution < -0.4 is 0 Å². The maximum Gasteiger partial charge on any atom is 0.306 e. The lowest BCUT2D eigenvalue weighted by atomic mass is 10.0. The van der Waals surface area contributed by atoms with Gasteiger partial charge >= 0.3 is 17.9 Å². The number of ether oxygens (including phenoxy) is 3. The highest BCUT2D eigenvalue weighted by Gasteiger charge is 2.19. The molecule has 0 bridgehead atoms. The minimum atomic E-state index is -0.760. The largest absolute Gasteiger partial charge is 0.462 e. The maximum atomic E-state index is 12.8. The molecule has 0 amide bonds. The molecule has 0 N–H and O–H groups in total. The van der Waals surface area contributed by atoms with Crippen LogP contribution in [0.25, 0.3) is 0 Å². The summed E-state index contributed by atoms with van der Waals surface area (Å²) in [4.78, 5) is 38.0. The summed E-state index contributed by atoms with van der Waals surface area (Å²) >= 11 is 0. The van der Waals surface area contributed by atoms with Gasteiger partial charge in [0, 0.05) is 19.3 Å². The van der Waals surface area contributed by atoms with Gasteiger partial charge in [-0.15, -0.1) is 0 Å². The van der Waals surface area contributed by atoms with Crippen molar-refractivity contribution < 1.29 is 28.6 Å². The molecule has 368 valence electrons. The zero-order valence-corrected chi connectivity index (χ0v) is 42.2. The fraction of sp³-hybridized carbons (Fsp3) is 0.946. The molecule has 62 heavy (non-hydrogen) atoms. The van der Waals surface area contributed by atoms with Crippen molar-refractivity contribution in [2.24, 2.45) is 0 Å². The molecule has 0 rings (SSSR count). The second-order valence-electron chi connectivity index (χ2n) is 19.2. The van der Waals surface area contributed by atoms with E-state index in [0.717, 1.165) is 57.8 Å². The van der Waals surface area contributed by atoms with Gasteiger partial charge in [-0.2, -0.15) is 0 Å². The zero-order valence-electron chi connectivity index (χ0n) is 42.2. The normalized spacial score (nSPS) is 11.9. The summed E-state index contributed by atoms with van der Waals surface area (Å²) < 4.78 is 16.9. The fourth-order valence-electron chi connectivity index (χ4n) is 8.62. The Morgan fingerprint density at radius 2 is 0.435 bits per heavy atom. The molecular weight excluding hydrogens is 769 g/mol. The molecule has 0 heterocycles. The molecule has 6 nitrogen and oxygen atoms in total. The van der Waals surface area contributed by atoms with Gasteiger partial charge in [-0.3, -0.25) is 14.4 Å². The summed E-state index contributed by atoms with van der Waals surface area (Å²) in [6.07, 6.45) is 56.6. The molecule has 0 fully saturated rings. The van der Waals surface area contributed by atoms with E-state index in [-0.39, 0.29) is 31.1 Å². The van der Waals surface area contributed by atoms with E-state index < -0.39 is 6.10 Å². The molecule has 0 saturated heterocycles. The Balaban J connectivity index is 4.28. The van der Waals surface area contributed by atoms with Crippen LogP contribution in [-0.2, 0) is 28.6 Å². The Labute approximate surface area is 387 Å². The lowest BCUT2D eigenvalue weighted by Gasteiger charge is -2.18. The van der Waals surface area contributed by atoms with E-state index in [4.69, 9.17) is 14.2 Å². The molecule has 0 aliphatic carbocycles. The summed E-state index contributed by atoms with van der Waals surface area (Å²) in [5.41, 5.74) is 0. The first kappa shape index (κ1) is 60.4. The average Bonchev–Trinajstić information content (AvgIpc) is 3.27. The monoisotopic (exact) mass is 877 g/mol. The minimum absolute atomic E-state index is 0.0612. The van der Waals surface area contributed by atoms with E-state index >= 15 is 0 Å². The van der Waals surface area contributed by atoms with E-state index in [1.807, 2.05) is 0 Å². The maximum absolute atomic E-state index is 12.8. The van der Waals surface area contributed by atoms with Crippen LogP contribution in [-0.4, -0.2) is 37.2 Å². The second kappa shape index (κ2) is 52.0. The van der Waals surface area contributed by atoms with Crippen LogP contribution in [0.5, 0.6) is 0 Å². The Morgan fingerprint density at radius 3 is 0.645 bits per heavy atom. The van der Waals surface area contributed by atoms with Gasteiger partial charge < -0.3 is 14.2 Å². The molecule has 1 atom stereocenters. The van der Waals surface area contributed by atoms with Crippen LogP contribution in [0.15, 0.2) is 0 Å². The molecule has 0 spiro atoms. The lowest BCUT2D eigenvalue weighted by Crippen LogP contribution is -2.30. The van der Waals surface area contributed by atoms with E-state index in [0.29, 0.717) is 19.3 Å². The fourth-order valence-corrected chi connectivity index (χ4v) is 8.62. The van der Waals surface area contributed by atoms with Crippen molar-refractivity contribution in [3.63, 3.8) is 0 Å². The lowest BCUT2D eigenvalue weighted by molar-refractivity contribution is -0.167. The second-order valence-corrected chi connectivity index (χ2v) is 19.2. The van der Waals surface area contributed by atoms with Crippen molar-refractivity contribution in [1.29, 1.82) is 0 Å². The quantitative estimate of drug-likeness (QED) is 0.0344. The third-order valence-corrected chi connectivity index (χ3v) is 12.9. The molecule has 0 aromatic heterocycles. The van der Waals surface area contributed by atoms with Crippen molar-refractivity contribution in [2.75, 3.05) is 13.2 Å². The predicted molar refractivity (Wildman–Crippen MR) is 266 cm³/mol. The van der Waals surface area contributed by atoms with Crippen molar-refractivity contribution >= 4 is 17.9 Å². The molecule has 0 saturated carbocycles. The highest BCUT2D eigenvalue weighted by molar-refractivity contribution is 5.71. The Bertz CT molecular complexity index is 920. The summed E-state index contributed by atoms with van der Waals surface area (Å²) in [5, 5.41) is 0. The highest BCUT2D eigenvalue weighted by atomic mass is 16.6. The van der Waals surface area contributed by atoms with Crippen molar-refractivity contribution in [3.8, 4) is 0 Å². The smallest absolute Gasteiger partial charge is 0.306 e. The van der Waals surface area contributed by atoms with Crippen molar-refractivity contribution in [1.82, 2.24) is 0 Å². The molecular formula is C56H108O6. The van der Waals surface area contributed by atoms with E-state index in [1.54, 1.807) is 0 Å². The van der Waals surface area contributed by atoms with Gasteiger partial charge in [0.2, 0.25) is 0 Å². The topological polar surface area (TPSA) is 78.9 Å². The Kier molecular flexibility index (Phi) is 50.7. The van der Waals surface area contributed by atoms with Crippen LogP contribution in [0.1, 0.15) is 323 Å². The highest BCUT2D eigenvalue weighted by Crippen LogP contribution is 2.17. The standard InChI is InChI=1S/C56H108O6/c1-4-7-10-13-16-19-22-25-27-29-31-34-37-40-43-46-49-55(58)61-52-53(51-60-54(57)48-45-42-39-36-33-24-21-18-15-12-9-6-3)62-56(59)50-47-44-41-38-35-32-30-28-26-23-20-17-14-11-8-5-2/h53H,4-52H2,1-3H3/t53-/m1/s1. The van der Waals surface area contributed by atoms with Gasteiger partial charge in [-0.1, -0.05) is 284 Å². The van der Waals surface area contributed by atoms with E-state index in [1.165, 1.54) is 225 Å². The number of hydrogen-bond acceptors (Lipinski definition) is 6. The summed E-state index contributed by atoms with van der Waals surface area (Å²) in [6, 6.07) is 0. The predicted octanol–water partition coefficient (Wildman–Crippen LogP) is 18.4. The first-order valence-corrected chi connectivity index (χ1v) is 28.0. The summed E-state index contributed by atoms with van der Waals surface area (Å²) in [7, 11) is 0. The first-order valence-electron chi connectivity index (χ1n) is 28.0. The van der Waals surface area contributed by atoms with Crippen LogP contribution in [0.3, 0.4) is 0 Å². The van der Waals surface area contributed by atoms with Gasteiger partial charge in [-0.05, 0) is 19.3 Å². The number of hydrogen-bond donors (Lipinski definition) is 0. The van der Waals surface area contributed by atoms with Gasteiger partial charge in [-0.25, -0.2) is 0 Å². The number of carbonyl (C=O) groups excluding carboxylic acids is 3. The van der Waals surface area contributed by atoms with Gasteiger partial charge in [0.1, 0.15) is 13.2 Å². The molecule has 0 aromatic carbocycles. The average molecular weight is 877 g/mol. The van der Waals surface area contributed by atoms with Crippen LogP contribution in [0.4, 0.5) is 0 Å². The molecule has 0 radical (unpaired) electrons. The van der Waals surface area contributed by atoms with Gasteiger partial charge in [0.15, 0.2) is 6.10 Å². The molecule has 0 unspecified atom stereocenters. The van der Waals surface area contributed by atoms with Crippen LogP contribution >= 0.6 is 0 Å². The molecule has 0 aromatic rings. The van der Waals surface area contributed by atoms with Gasteiger partial charge in [0.25, 0.3) is 0 Å². The van der Waals surface area contributed by atoms with E-state index in [2.05, 4.69) is 20.8 Å². The third-order valence-electron chi connectivity index (χ3n) is 12.9. The third kappa shape index (κ3) is 49.4. The zero-order chi connectivity index (χ0) is 45.1. The summed E-state index contributed by atoms with van der Waals surface area (Å²) in [6.45, 7) is 6.70.